The number of hydrogen-bond acceptors (Lipinski definition) is 3. The second-order valence-electron chi connectivity index (χ2n) is 4.34. The van der Waals surface area contributed by atoms with Crippen molar-refractivity contribution in [2.24, 2.45) is 0 Å². The Morgan fingerprint density at radius 3 is 2.68 bits per heavy atom. The van der Waals surface area contributed by atoms with Gasteiger partial charge in [0, 0.05) is 16.2 Å². The molecule has 3 nitrogen and oxygen atoms in total. The van der Waals surface area contributed by atoms with Crippen molar-refractivity contribution in [3.8, 4) is 5.75 Å². The van der Waals surface area contributed by atoms with E-state index in [1.807, 2.05) is 37.3 Å². The molecule has 0 aliphatic carbocycles. The first kappa shape index (κ1) is 14.0. The van der Waals surface area contributed by atoms with Gasteiger partial charge >= 0.3 is 0 Å². The summed E-state index contributed by atoms with van der Waals surface area (Å²) in [4.78, 5) is 4.12. The summed E-state index contributed by atoms with van der Waals surface area (Å²) < 4.78 is 6.11. The van der Waals surface area contributed by atoms with Gasteiger partial charge in [-0.1, -0.05) is 35.0 Å². The zero-order chi connectivity index (χ0) is 13.9. The summed E-state index contributed by atoms with van der Waals surface area (Å²) in [5, 5.41) is 11.0. The van der Waals surface area contributed by atoms with Crippen molar-refractivity contribution in [2.45, 2.75) is 18.9 Å². The van der Waals surface area contributed by atoms with Crippen LogP contribution in [0.1, 0.15) is 24.5 Å². The van der Waals surface area contributed by atoms with E-state index in [1.165, 1.54) is 0 Å². The fourth-order valence-electron chi connectivity index (χ4n) is 2.08. The van der Waals surface area contributed by atoms with E-state index >= 15 is 0 Å². The molecule has 1 aromatic carbocycles. The predicted octanol–water partition coefficient (Wildman–Crippen LogP) is 3.50. The van der Waals surface area contributed by atoms with Gasteiger partial charge in [0.2, 0.25) is 0 Å². The lowest BCUT2D eigenvalue weighted by atomic mass is 9.85. The van der Waals surface area contributed by atoms with Crippen molar-refractivity contribution in [3.05, 3.63) is 58.3 Å². The van der Waals surface area contributed by atoms with Crippen LogP contribution in [0.5, 0.6) is 5.75 Å². The van der Waals surface area contributed by atoms with E-state index in [2.05, 4.69) is 20.9 Å². The lowest BCUT2D eigenvalue weighted by molar-refractivity contribution is 0.0758. The van der Waals surface area contributed by atoms with Crippen LogP contribution in [-0.2, 0) is 5.60 Å². The van der Waals surface area contributed by atoms with Gasteiger partial charge in [-0.2, -0.15) is 0 Å². The number of aromatic nitrogens is 1. The quantitative estimate of drug-likeness (QED) is 0.937. The van der Waals surface area contributed by atoms with Gasteiger partial charge in [0.15, 0.2) is 0 Å². The van der Waals surface area contributed by atoms with Gasteiger partial charge in [0.1, 0.15) is 11.4 Å². The SMILES string of the molecule is CCC(O)(c1cccc(Br)c1)c1cncc(OC)c1. The van der Waals surface area contributed by atoms with Crippen LogP contribution in [0.15, 0.2) is 47.2 Å². The van der Waals surface area contributed by atoms with Crippen molar-refractivity contribution in [1.82, 2.24) is 4.98 Å². The molecule has 0 fully saturated rings. The van der Waals surface area contributed by atoms with E-state index in [9.17, 15) is 5.11 Å². The van der Waals surface area contributed by atoms with Crippen molar-refractivity contribution in [3.63, 3.8) is 0 Å². The second kappa shape index (κ2) is 5.72. The normalized spacial score (nSPS) is 13.9. The third kappa shape index (κ3) is 2.80. The summed E-state index contributed by atoms with van der Waals surface area (Å²) in [6.07, 6.45) is 3.85. The lowest BCUT2D eigenvalue weighted by Crippen LogP contribution is -2.26. The molecule has 0 amide bonds. The van der Waals surface area contributed by atoms with Crippen LogP contribution in [0.4, 0.5) is 0 Å². The molecule has 100 valence electrons. The zero-order valence-corrected chi connectivity index (χ0v) is 12.5. The van der Waals surface area contributed by atoms with Crippen LogP contribution < -0.4 is 4.74 Å². The Kier molecular flexibility index (Phi) is 4.22. The molecule has 1 unspecified atom stereocenters. The standard InChI is InChI=1S/C15H16BrNO2/c1-3-15(18,11-5-4-6-13(16)7-11)12-8-14(19-2)10-17-9-12/h4-10,18H,3H2,1-2H3. The Balaban J connectivity index is 2.52. The Hall–Kier alpha value is -1.39. The van der Waals surface area contributed by atoms with Crippen LogP contribution >= 0.6 is 15.9 Å². The second-order valence-corrected chi connectivity index (χ2v) is 5.25. The maximum Gasteiger partial charge on any atom is 0.137 e. The summed E-state index contributed by atoms with van der Waals surface area (Å²) in [5.41, 5.74) is 0.498. The number of nitrogens with zero attached hydrogens (tertiary/aromatic N) is 1. The lowest BCUT2D eigenvalue weighted by Gasteiger charge is -2.28. The average molecular weight is 322 g/mol. The highest BCUT2D eigenvalue weighted by atomic mass is 79.9. The highest BCUT2D eigenvalue weighted by molar-refractivity contribution is 9.10. The molecule has 1 N–H and O–H groups in total. The molecular formula is C15H16BrNO2. The molecule has 0 spiro atoms. The first-order chi connectivity index (χ1) is 9.10. The highest BCUT2D eigenvalue weighted by Gasteiger charge is 2.30. The van der Waals surface area contributed by atoms with Gasteiger partial charge in [0.05, 0.1) is 13.3 Å². The molecule has 1 atom stereocenters. The topological polar surface area (TPSA) is 42.4 Å². The maximum atomic E-state index is 11.0. The third-order valence-corrected chi connectivity index (χ3v) is 3.73. The fraction of sp³-hybridized carbons (Fsp3) is 0.267. The number of pyridine rings is 1. The predicted molar refractivity (Wildman–Crippen MR) is 78.2 cm³/mol. The van der Waals surface area contributed by atoms with E-state index < -0.39 is 5.60 Å². The number of aliphatic hydroxyl groups is 1. The van der Waals surface area contributed by atoms with Gasteiger partial charge < -0.3 is 9.84 Å². The minimum atomic E-state index is -1.06. The van der Waals surface area contributed by atoms with Crippen LogP contribution in [-0.4, -0.2) is 17.2 Å². The number of hydrogen-bond donors (Lipinski definition) is 1. The number of rotatable bonds is 4. The molecule has 2 rings (SSSR count). The zero-order valence-electron chi connectivity index (χ0n) is 10.9. The molecule has 0 saturated heterocycles. The van der Waals surface area contributed by atoms with Crippen molar-refractivity contribution in [2.75, 3.05) is 7.11 Å². The summed E-state index contributed by atoms with van der Waals surface area (Å²) >= 11 is 3.43. The largest absolute Gasteiger partial charge is 0.495 e. The van der Waals surface area contributed by atoms with E-state index in [-0.39, 0.29) is 0 Å². The van der Waals surface area contributed by atoms with E-state index in [4.69, 9.17) is 4.74 Å². The first-order valence-corrected chi connectivity index (χ1v) is 6.87. The minimum Gasteiger partial charge on any atom is -0.495 e. The summed E-state index contributed by atoms with van der Waals surface area (Å²) in [7, 11) is 1.59. The number of halogens is 1. The smallest absolute Gasteiger partial charge is 0.137 e. The molecule has 1 aromatic heterocycles. The molecule has 0 aliphatic rings. The van der Waals surface area contributed by atoms with Crippen LogP contribution in [0.25, 0.3) is 0 Å². The van der Waals surface area contributed by atoms with Crippen molar-refractivity contribution >= 4 is 15.9 Å². The fourth-order valence-corrected chi connectivity index (χ4v) is 2.48. The Morgan fingerprint density at radius 2 is 2.05 bits per heavy atom. The molecule has 0 saturated carbocycles. The molecule has 0 bridgehead atoms. The van der Waals surface area contributed by atoms with Gasteiger partial charge in [-0.25, -0.2) is 0 Å². The summed E-state index contributed by atoms with van der Waals surface area (Å²) in [6, 6.07) is 9.49. The van der Waals surface area contributed by atoms with Crippen LogP contribution in [0.2, 0.25) is 0 Å². The Bertz CT molecular complexity index is 574. The number of methoxy groups -OCH3 is 1. The average Bonchev–Trinajstić information content (AvgIpc) is 2.46. The van der Waals surface area contributed by atoms with Gasteiger partial charge in [-0.05, 0) is 30.2 Å². The minimum absolute atomic E-state index is 0.554. The Morgan fingerprint density at radius 1 is 1.26 bits per heavy atom. The third-order valence-electron chi connectivity index (χ3n) is 3.24. The molecular weight excluding hydrogens is 306 g/mol. The molecule has 1 heterocycles. The molecule has 19 heavy (non-hydrogen) atoms. The van der Waals surface area contributed by atoms with E-state index in [0.29, 0.717) is 12.2 Å². The summed E-state index contributed by atoms with van der Waals surface area (Å²) in [5.74, 6) is 0.638. The number of ether oxygens (including phenoxy) is 1. The molecule has 0 aliphatic heterocycles. The first-order valence-electron chi connectivity index (χ1n) is 6.08. The van der Waals surface area contributed by atoms with Crippen molar-refractivity contribution < 1.29 is 9.84 Å². The monoisotopic (exact) mass is 321 g/mol. The molecule has 4 heteroatoms. The van der Waals surface area contributed by atoms with E-state index in [1.54, 1.807) is 19.5 Å². The van der Waals surface area contributed by atoms with Crippen molar-refractivity contribution in [1.29, 1.82) is 0 Å². The highest BCUT2D eigenvalue weighted by Crippen LogP contribution is 2.34. The summed E-state index contributed by atoms with van der Waals surface area (Å²) in [6.45, 7) is 1.94. The van der Waals surface area contributed by atoms with Gasteiger partial charge in [0.25, 0.3) is 0 Å². The van der Waals surface area contributed by atoms with Gasteiger partial charge in [-0.15, -0.1) is 0 Å². The van der Waals surface area contributed by atoms with E-state index in [0.717, 1.165) is 15.6 Å². The number of benzene rings is 1. The molecule has 2 aromatic rings. The Labute approximate surface area is 121 Å². The molecule has 0 radical (unpaired) electrons. The van der Waals surface area contributed by atoms with Gasteiger partial charge in [-0.3, -0.25) is 4.98 Å². The van der Waals surface area contributed by atoms with Crippen LogP contribution in [0, 0.1) is 0 Å². The maximum absolute atomic E-state index is 11.0. The van der Waals surface area contributed by atoms with Crippen LogP contribution in [0.3, 0.4) is 0 Å².